The molecule has 0 spiro atoms. The topological polar surface area (TPSA) is 37.3 Å². The van der Waals surface area contributed by atoms with E-state index in [-0.39, 0.29) is 11.2 Å². The van der Waals surface area contributed by atoms with Crippen LogP contribution in [0.5, 0.6) is 0 Å². The fourth-order valence-corrected chi connectivity index (χ4v) is 2.38. The first-order chi connectivity index (χ1) is 5.00. The maximum Gasteiger partial charge on any atom is 0.156 e. The van der Waals surface area contributed by atoms with Crippen LogP contribution in [-0.2, 0) is 11.1 Å². The van der Waals surface area contributed by atoms with E-state index in [4.69, 9.17) is 4.55 Å². The lowest BCUT2D eigenvalue weighted by atomic mass is 9.96. The third-order valence-electron chi connectivity index (χ3n) is 2.09. The maximum atomic E-state index is 10.9. The van der Waals surface area contributed by atoms with E-state index in [1.165, 1.54) is 0 Å². The first-order valence-electron chi connectivity index (χ1n) is 4.10. The van der Waals surface area contributed by atoms with Gasteiger partial charge in [0.2, 0.25) is 0 Å². The molecule has 68 valence electrons. The van der Waals surface area contributed by atoms with Crippen LogP contribution in [0.2, 0.25) is 0 Å². The first-order valence-corrected chi connectivity index (χ1v) is 5.27. The monoisotopic (exact) mass is 178 g/mol. The molecule has 0 aromatic heterocycles. The predicted octanol–water partition coefficient (Wildman–Crippen LogP) is 2.28. The van der Waals surface area contributed by atoms with E-state index in [0.29, 0.717) is 5.92 Å². The second-order valence-electron chi connectivity index (χ2n) is 3.37. The summed E-state index contributed by atoms with van der Waals surface area (Å²) in [5.41, 5.74) is 0. The number of hydrogen-bond acceptors (Lipinski definition) is 1. The van der Waals surface area contributed by atoms with Crippen LogP contribution < -0.4 is 0 Å². The average molecular weight is 178 g/mol. The third kappa shape index (κ3) is 3.34. The van der Waals surface area contributed by atoms with Crippen LogP contribution in [0.1, 0.15) is 34.1 Å². The smallest absolute Gasteiger partial charge is 0.156 e. The molecule has 0 rings (SSSR count). The molecule has 3 unspecified atom stereocenters. The fraction of sp³-hybridized carbons (Fsp3) is 1.00. The second-order valence-corrected chi connectivity index (χ2v) is 4.47. The molecule has 0 aliphatic heterocycles. The molecule has 3 heteroatoms. The van der Waals surface area contributed by atoms with Crippen LogP contribution in [0.25, 0.3) is 0 Å². The van der Waals surface area contributed by atoms with E-state index in [9.17, 15) is 4.21 Å². The lowest BCUT2D eigenvalue weighted by molar-refractivity contribution is 0.410. The molecular weight excluding hydrogens is 160 g/mol. The highest BCUT2D eigenvalue weighted by molar-refractivity contribution is 7.79. The van der Waals surface area contributed by atoms with Crippen molar-refractivity contribution in [2.75, 3.05) is 0 Å². The van der Waals surface area contributed by atoms with Gasteiger partial charge in [0.25, 0.3) is 0 Å². The Bertz CT molecular complexity index is 134. The van der Waals surface area contributed by atoms with E-state index in [1.54, 1.807) is 0 Å². The van der Waals surface area contributed by atoms with Gasteiger partial charge < -0.3 is 4.55 Å². The lowest BCUT2D eigenvalue weighted by Gasteiger charge is -2.22. The predicted molar refractivity (Wildman–Crippen MR) is 48.9 cm³/mol. The summed E-state index contributed by atoms with van der Waals surface area (Å²) in [7, 11) is 0. The van der Waals surface area contributed by atoms with Gasteiger partial charge >= 0.3 is 0 Å². The zero-order valence-electron chi connectivity index (χ0n) is 7.70. The summed E-state index contributed by atoms with van der Waals surface area (Å²) >= 11 is -1.66. The van der Waals surface area contributed by atoms with Crippen molar-refractivity contribution in [3.8, 4) is 0 Å². The van der Waals surface area contributed by atoms with Gasteiger partial charge in [-0.3, -0.25) is 0 Å². The van der Waals surface area contributed by atoms with E-state index in [1.807, 2.05) is 27.7 Å². The summed E-state index contributed by atoms with van der Waals surface area (Å²) < 4.78 is 19.8. The van der Waals surface area contributed by atoms with Crippen LogP contribution in [0.15, 0.2) is 0 Å². The molecule has 0 saturated heterocycles. The average Bonchev–Trinajstić information content (AvgIpc) is 1.85. The normalized spacial score (nSPS) is 19.8. The fourth-order valence-electron chi connectivity index (χ4n) is 1.32. The molecule has 0 fully saturated rings. The molecule has 0 bridgehead atoms. The summed E-state index contributed by atoms with van der Waals surface area (Å²) in [5, 5.41) is -0.0694. The Morgan fingerprint density at radius 1 is 1.36 bits per heavy atom. The van der Waals surface area contributed by atoms with Crippen molar-refractivity contribution in [1.29, 1.82) is 0 Å². The highest BCUT2D eigenvalue weighted by atomic mass is 32.2. The highest BCUT2D eigenvalue weighted by Gasteiger charge is 2.24. The Morgan fingerprint density at radius 3 is 1.91 bits per heavy atom. The Balaban J connectivity index is 4.21. The van der Waals surface area contributed by atoms with Gasteiger partial charge in [-0.25, -0.2) is 4.21 Å². The van der Waals surface area contributed by atoms with Crippen LogP contribution in [0.3, 0.4) is 0 Å². The standard InChI is InChI=1S/C8H18O2S/c1-5-7(4)8(6(2)3)11(9)10/h6-8H,5H2,1-4H3,(H,9,10). The molecule has 0 amide bonds. The van der Waals surface area contributed by atoms with E-state index in [2.05, 4.69) is 0 Å². The quantitative estimate of drug-likeness (QED) is 0.671. The molecule has 3 atom stereocenters. The van der Waals surface area contributed by atoms with Gasteiger partial charge in [-0.2, -0.15) is 0 Å². The van der Waals surface area contributed by atoms with Crippen molar-refractivity contribution in [2.45, 2.75) is 39.4 Å². The number of rotatable bonds is 4. The van der Waals surface area contributed by atoms with Gasteiger partial charge in [-0.1, -0.05) is 34.1 Å². The van der Waals surface area contributed by atoms with Crippen LogP contribution in [0, 0.1) is 11.8 Å². The summed E-state index contributed by atoms with van der Waals surface area (Å²) in [6, 6.07) is 0. The third-order valence-corrected chi connectivity index (χ3v) is 3.57. The number of hydrogen-bond donors (Lipinski definition) is 1. The van der Waals surface area contributed by atoms with Gasteiger partial charge in [-0.05, 0) is 11.8 Å². The second kappa shape index (κ2) is 4.88. The molecule has 1 N–H and O–H groups in total. The Labute approximate surface area is 71.7 Å². The maximum absolute atomic E-state index is 10.9. The van der Waals surface area contributed by atoms with Crippen molar-refractivity contribution in [3.63, 3.8) is 0 Å². The lowest BCUT2D eigenvalue weighted by Crippen LogP contribution is -2.28. The molecule has 0 aliphatic carbocycles. The van der Waals surface area contributed by atoms with Gasteiger partial charge in [0.05, 0.1) is 5.25 Å². The molecule has 0 aromatic rings. The van der Waals surface area contributed by atoms with Gasteiger partial charge in [0, 0.05) is 0 Å². The molecule has 11 heavy (non-hydrogen) atoms. The van der Waals surface area contributed by atoms with Crippen LogP contribution in [0.4, 0.5) is 0 Å². The summed E-state index contributed by atoms with van der Waals surface area (Å²) in [4.78, 5) is 0. The Morgan fingerprint density at radius 2 is 1.82 bits per heavy atom. The summed E-state index contributed by atoms with van der Waals surface area (Å²) in [5.74, 6) is 0.622. The van der Waals surface area contributed by atoms with Crippen molar-refractivity contribution >= 4 is 11.1 Å². The van der Waals surface area contributed by atoms with Crippen molar-refractivity contribution in [2.24, 2.45) is 11.8 Å². The summed E-state index contributed by atoms with van der Waals surface area (Å²) in [6.07, 6.45) is 0.967. The van der Waals surface area contributed by atoms with Gasteiger partial charge in [-0.15, -0.1) is 0 Å². The summed E-state index contributed by atoms with van der Waals surface area (Å²) in [6.45, 7) is 8.06. The minimum Gasteiger partial charge on any atom is -0.306 e. The molecule has 0 saturated carbocycles. The molecule has 0 radical (unpaired) electrons. The van der Waals surface area contributed by atoms with E-state index in [0.717, 1.165) is 6.42 Å². The minimum absolute atomic E-state index is 0.0694. The van der Waals surface area contributed by atoms with Crippen LogP contribution >= 0.6 is 0 Å². The SMILES string of the molecule is CCC(C)C(C(C)C)S(=O)O. The highest BCUT2D eigenvalue weighted by Crippen LogP contribution is 2.20. The molecule has 0 aromatic carbocycles. The molecule has 0 aliphatic rings. The van der Waals surface area contributed by atoms with E-state index >= 15 is 0 Å². The van der Waals surface area contributed by atoms with Crippen molar-refractivity contribution in [3.05, 3.63) is 0 Å². The Hall–Kier alpha value is 0.110. The first kappa shape index (κ1) is 11.1. The largest absolute Gasteiger partial charge is 0.306 e. The van der Waals surface area contributed by atoms with E-state index < -0.39 is 11.1 Å². The molecular formula is C8H18O2S. The van der Waals surface area contributed by atoms with Crippen LogP contribution in [-0.4, -0.2) is 14.0 Å². The van der Waals surface area contributed by atoms with Gasteiger partial charge in [0.1, 0.15) is 0 Å². The van der Waals surface area contributed by atoms with Gasteiger partial charge in [0.15, 0.2) is 11.1 Å². The minimum atomic E-state index is -1.66. The Kier molecular flexibility index (Phi) is 4.93. The molecule has 2 nitrogen and oxygen atoms in total. The molecule has 0 heterocycles. The van der Waals surface area contributed by atoms with Crippen molar-refractivity contribution in [1.82, 2.24) is 0 Å². The van der Waals surface area contributed by atoms with Crippen molar-refractivity contribution < 1.29 is 8.76 Å². The zero-order chi connectivity index (χ0) is 9.02. The zero-order valence-corrected chi connectivity index (χ0v) is 8.52.